The number of nitrogen functional groups attached to an aromatic ring is 1. The number of ether oxygens (including phenoxy) is 2. The molecule has 0 aliphatic heterocycles. The van der Waals surface area contributed by atoms with E-state index in [9.17, 15) is 0 Å². The number of nitrogens with zero attached hydrogens (tertiary/aromatic N) is 1. The van der Waals surface area contributed by atoms with Gasteiger partial charge in [-0.2, -0.15) is 0 Å². The maximum Gasteiger partial charge on any atom is 0.143 e. The number of anilines is 2. The highest BCUT2D eigenvalue weighted by molar-refractivity contribution is 5.73. The molecule has 2 aromatic carbocycles. The molecule has 0 aliphatic carbocycles. The third-order valence-corrected chi connectivity index (χ3v) is 3.27. The lowest BCUT2D eigenvalue weighted by molar-refractivity contribution is 0.409. The van der Waals surface area contributed by atoms with Crippen LogP contribution >= 0.6 is 0 Å². The summed E-state index contributed by atoms with van der Waals surface area (Å²) >= 11 is 0. The fourth-order valence-electron chi connectivity index (χ4n) is 2.22. The fraction of sp³-hybridized carbons (Fsp3) is 0.250. The van der Waals surface area contributed by atoms with E-state index in [2.05, 4.69) is 4.90 Å². The van der Waals surface area contributed by atoms with Crippen LogP contribution in [-0.2, 0) is 6.54 Å². The molecule has 106 valence electrons. The second-order valence-corrected chi connectivity index (χ2v) is 4.56. The summed E-state index contributed by atoms with van der Waals surface area (Å²) in [6.45, 7) is 0.710. The zero-order valence-corrected chi connectivity index (χ0v) is 12.1. The molecular formula is C16H20N2O2. The van der Waals surface area contributed by atoms with Gasteiger partial charge in [0.25, 0.3) is 0 Å². The summed E-state index contributed by atoms with van der Waals surface area (Å²) < 4.78 is 10.6. The van der Waals surface area contributed by atoms with Gasteiger partial charge in [0.1, 0.15) is 11.5 Å². The van der Waals surface area contributed by atoms with Crippen LogP contribution in [0.4, 0.5) is 11.4 Å². The van der Waals surface area contributed by atoms with Gasteiger partial charge in [-0.25, -0.2) is 0 Å². The maximum absolute atomic E-state index is 6.12. The molecule has 2 aromatic rings. The first-order valence-electron chi connectivity index (χ1n) is 6.43. The maximum atomic E-state index is 6.12. The van der Waals surface area contributed by atoms with Gasteiger partial charge in [0.2, 0.25) is 0 Å². The van der Waals surface area contributed by atoms with Crippen LogP contribution in [0.3, 0.4) is 0 Å². The van der Waals surface area contributed by atoms with Crippen LogP contribution < -0.4 is 20.1 Å². The highest BCUT2D eigenvalue weighted by Gasteiger charge is 2.11. The first-order chi connectivity index (χ1) is 9.67. The van der Waals surface area contributed by atoms with E-state index in [-0.39, 0.29) is 0 Å². The molecule has 0 amide bonds. The van der Waals surface area contributed by atoms with Crippen LogP contribution in [0.5, 0.6) is 11.5 Å². The zero-order valence-electron chi connectivity index (χ0n) is 12.1. The topological polar surface area (TPSA) is 47.7 Å². The molecule has 0 saturated carbocycles. The molecule has 0 saturated heterocycles. The second kappa shape index (κ2) is 6.19. The minimum Gasteiger partial charge on any atom is -0.496 e. The minimum atomic E-state index is 0.646. The summed E-state index contributed by atoms with van der Waals surface area (Å²) in [6, 6.07) is 13.7. The van der Waals surface area contributed by atoms with Crippen LogP contribution in [0.1, 0.15) is 5.56 Å². The first-order valence-corrected chi connectivity index (χ1v) is 6.43. The number of rotatable bonds is 5. The zero-order chi connectivity index (χ0) is 14.5. The Kier molecular flexibility index (Phi) is 4.35. The van der Waals surface area contributed by atoms with E-state index in [4.69, 9.17) is 15.2 Å². The van der Waals surface area contributed by atoms with Crippen molar-refractivity contribution < 1.29 is 9.47 Å². The molecule has 4 nitrogen and oxygen atoms in total. The largest absolute Gasteiger partial charge is 0.496 e. The first kappa shape index (κ1) is 14.1. The monoisotopic (exact) mass is 272 g/mol. The summed E-state index contributed by atoms with van der Waals surface area (Å²) in [7, 11) is 5.30. The van der Waals surface area contributed by atoms with E-state index in [0.29, 0.717) is 18.0 Å². The van der Waals surface area contributed by atoms with Gasteiger partial charge in [-0.05, 0) is 18.2 Å². The average Bonchev–Trinajstić information content (AvgIpc) is 2.48. The molecule has 0 aliphatic rings. The normalized spacial score (nSPS) is 10.2. The van der Waals surface area contributed by atoms with Crippen molar-refractivity contribution in [3.8, 4) is 11.5 Å². The molecule has 0 aromatic heterocycles. The van der Waals surface area contributed by atoms with Crippen molar-refractivity contribution in [3.05, 3.63) is 48.0 Å². The van der Waals surface area contributed by atoms with Crippen molar-refractivity contribution in [3.63, 3.8) is 0 Å². The van der Waals surface area contributed by atoms with E-state index in [0.717, 1.165) is 17.0 Å². The molecule has 0 heterocycles. The van der Waals surface area contributed by atoms with Gasteiger partial charge in [0.15, 0.2) is 0 Å². The van der Waals surface area contributed by atoms with Gasteiger partial charge in [-0.3, -0.25) is 0 Å². The smallest absolute Gasteiger partial charge is 0.143 e. The number of nitrogens with two attached hydrogens (primary N) is 1. The lowest BCUT2D eigenvalue weighted by Crippen LogP contribution is -2.18. The molecule has 0 unspecified atom stereocenters. The Balaban J connectivity index is 2.26. The van der Waals surface area contributed by atoms with Crippen LogP contribution in [0, 0.1) is 0 Å². The number of benzene rings is 2. The van der Waals surface area contributed by atoms with E-state index in [1.807, 2.05) is 49.5 Å². The number of hydrogen-bond acceptors (Lipinski definition) is 4. The Morgan fingerprint density at radius 1 is 0.950 bits per heavy atom. The van der Waals surface area contributed by atoms with Gasteiger partial charge in [-0.1, -0.05) is 24.3 Å². The molecule has 0 bridgehead atoms. The molecule has 0 fully saturated rings. The molecule has 2 rings (SSSR count). The van der Waals surface area contributed by atoms with Crippen molar-refractivity contribution in [2.24, 2.45) is 0 Å². The van der Waals surface area contributed by atoms with Crippen molar-refractivity contribution in [2.45, 2.75) is 6.54 Å². The molecule has 2 N–H and O–H groups in total. The van der Waals surface area contributed by atoms with Crippen LogP contribution in [0.15, 0.2) is 42.5 Å². The van der Waals surface area contributed by atoms with Gasteiger partial charge < -0.3 is 20.1 Å². The molecule has 4 heteroatoms. The third-order valence-electron chi connectivity index (χ3n) is 3.27. The summed E-state index contributed by atoms with van der Waals surface area (Å²) in [4.78, 5) is 2.08. The summed E-state index contributed by atoms with van der Waals surface area (Å²) in [5.41, 5.74) is 8.82. The highest BCUT2D eigenvalue weighted by Crippen LogP contribution is 2.32. The Bertz CT molecular complexity index is 584. The van der Waals surface area contributed by atoms with Crippen LogP contribution in [-0.4, -0.2) is 21.3 Å². The van der Waals surface area contributed by atoms with Gasteiger partial charge in [-0.15, -0.1) is 0 Å². The van der Waals surface area contributed by atoms with Crippen LogP contribution in [0.2, 0.25) is 0 Å². The number of para-hydroxylation sites is 2. The summed E-state index contributed by atoms with van der Waals surface area (Å²) in [6.07, 6.45) is 0. The lowest BCUT2D eigenvalue weighted by Gasteiger charge is -2.23. The number of methoxy groups -OCH3 is 2. The van der Waals surface area contributed by atoms with E-state index < -0.39 is 0 Å². The SMILES string of the molecule is COc1ccccc1CN(C)c1cccc(OC)c1N. The van der Waals surface area contributed by atoms with Crippen molar-refractivity contribution in [2.75, 3.05) is 31.9 Å². The van der Waals surface area contributed by atoms with Crippen molar-refractivity contribution in [1.82, 2.24) is 0 Å². The standard InChI is InChI=1S/C16H20N2O2/c1-18(11-12-7-4-5-9-14(12)19-2)13-8-6-10-15(20-3)16(13)17/h4-10H,11,17H2,1-3H3. The van der Waals surface area contributed by atoms with Gasteiger partial charge in [0.05, 0.1) is 25.6 Å². The molecular weight excluding hydrogens is 252 g/mol. The predicted octanol–water partition coefficient (Wildman–Crippen LogP) is 2.92. The second-order valence-electron chi connectivity index (χ2n) is 4.56. The summed E-state index contributed by atoms with van der Waals surface area (Å²) in [5, 5.41) is 0. The van der Waals surface area contributed by atoms with Gasteiger partial charge >= 0.3 is 0 Å². The Labute approximate surface area is 119 Å². The van der Waals surface area contributed by atoms with Gasteiger partial charge in [0, 0.05) is 19.2 Å². The van der Waals surface area contributed by atoms with Crippen molar-refractivity contribution in [1.29, 1.82) is 0 Å². The Morgan fingerprint density at radius 3 is 2.30 bits per heavy atom. The highest BCUT2D eigenvalue weighted by atomic mass is 16.5. The average molecular weight is 272 g/mol. The Morgan fingerprint density at radius 2 is 1.60 bits per heavy atom. The minimum absolute atomic E-state index is 0.646. The lowest BCUT2D eigenvalue weighted by atomic mass is 10.1. The number of hydrogen-bond donors (Lipinski definition) is 1. The van der Waals surface area contributed by atoms with Crippen molar-refractivity contribution >= 4 is 11.4 Å². The molecule has 0 spiro atoms. The van der Waals surface area contributed by atoms with E-state index in [1.54, 1.807) is 14.2 Å². The fourth-order valence-corrected chi connectivity index (χ4v) is 2.22. The van der Waals surface area contributed by atoms with Crippen LogP contribution in [0.25, 0.3) is 0 Å². The Hall–Kier alpha value is -2.36. The van der Waals surface area contributed by atoms with E-state index >= 15 is 0 Å². The third kappa shape index (κ3) is 2.79. The quantitative estimate of drug-likeness (QED) is 0.850. The summed E-state index contributed by atoms with van der Waals surface area (Å²) in [5.74, 6) is 1.56. The predicted molar refractivity (Wildman–Crippen MR) is 82.5 cm³/mol. The molecule has 0 radical (unpaired) electrons. The molecule has 20 heavy (non-hydrogen) atoms. The molecule has 0 atom stereocenters. The van der Waals surface area contributed by atoms with E-state index in [1.165, 1.54) is 0 Å².